The largest absolute Gasteiger partial charge is 0.385 e. The minimum absolute atomic E-state index is 0.794. The summed E-state index contributed by atoms with van der Waals surface area (Å²) in [6, 6.07) is 7.91. The van der Waals surface area contributed by atoms with Crippen LogP contribution in [0.3, 0.4) is 0 Å². The molecule has 2 N–H and O–H groups in total. The summed E-state index contributed by atoms with van der Waals surface area (Å²) >= 11 is 5.82. The van der Waals surface area contributed by atoms with Gasteiger partial charge in [0.05, 0.1) is 0 Å². The third-order valence-electron chi connectivity index (χ3n) is 2.90. The lowest BCUT2D eigenvalue weighted by atomic mass is 9.98. The van der Waals surface area contributed by atoms with Crippen molar-refractivity contribution in [1.29, 1.82) is 0 Å². The minimum Gasteiger partial charge on any atom is -0.385 e. The van der Waals surface area contributed by atoms with E-state index in [4.69, 9.17) is 11.6 Å². The van der Waals surface area contributed by atoms with Gasteiger partial charge < -0.3 is 10.6 Å². The van der Waals surface area contributed by atoms with Crippen LogP contribution in [0.5, 0.6) is 0 Å². The summed E-state index contributed by atoms with van der Waals surface area (Å²) in [6.07, 6.45) is 2.56. The fraction of sp³-hybridized carbons (Fsp3) is 0.500. The summed E-state index contributed by atoms with van der Waals surface area (Å²) in [5, 5.41) is 7.62. The number of benzene rings is 1. The summed E-state index contributed by atoms with van der Waals surface area (Å²) in [6.45, 7) is 3.39. The van der Waals surface area contributed by atoms with Crippen LogP contribution in [0, 0.1) is 5.92 Å². The fourth-order valence-electron chi connectivity index (χ4n) is 1.92. The molecule has 1 saturated heterocycles. The molecule has 0 bridgehead atoms. The number of hydrogen-bond donors (Lipinski definition) is 2. The van der Waals surface area contributed by atoms with E-state index in [0.717, 1.165) is 36.3 Å². The van der Waals surface area contributed by atoms with Gasteiger partial charge in [0.1, 0.15) is 0 Å². The van der Waals surface area contributed by atoms with Gasteiger partial charge >= 0.3 is 0 Å². The first-order valence-corrected chi connectivity index (χ1v) is 5.92. The lowest BCUT2D eigenvalue weighted by Gasteiger charge is -2.23. The van der Waals surface area contributed by atoms with Gasteiger partial charge in [-0.05, 0) is 56.1 Å². The van der Waals surface area contributed by atoms with Gasteiger partial charge in [-0.15, -0.1) is 0 Å². The van der Waals surface area contributed by atoms with E-state index in [9.17, 15) is 0 Å². The number of halogens is 1. The molecule has 0 spiro atoms. The van der Waals surface area contributed by atoms with Crippen molar-refractivity contribution in [2.24, 2.45) is 5.92 Å². The summed E-state index contributed by atoms with van der Waals surface area (Å²) in [7, 11) is 0. The second kappa shape index (κ2) is 5.38. The lowest BCUT2D eigenvalue weighted by Crippen LogP contribution is -2.31. The molecule has 1 heterocycles. The molecule has 1 fully saturated rings. The maximum Gasteiger partial charge on any atom is 0.0407 e. The van der Waals surface area contributed by atoms with Crippen molar-refractivity contribution in [3.05, 3.63) is 29.3 Å². The second-order valence-corrected chi connectivity index (χ2v) is 4.52. The minimum atomic E-state index is 0.794. The summed E-state index contributed by atoms with van der Waals surface area (Å²) < 4.78 is 0. The Morgan fingerprint density at radius 2 is 1.87 bits per heavy atom. The Balaban J connectivity index is 1.79. The number of rotatable bonds is 3. The molecular formula is C12H17ClN2. The molecule has 2 rings (SSSR count). The molecule has 0 atom stereocenters. The third-order valence-corrected chi connectivity index (χ3v) is 3.15. The first kappa shape index (κ1) is 10.8. The molecule has 0 aromatic heterocycles. The molecule has 0 unspecified atom stereocenters. The van der Waals surface area contributed by atoms with E-state index in [1.807, 2.05) is 24.3 Å². The predicted octanol–water partition coefficient (Wildman–Crippen LogP) is 2.75. The fourth-order valence-corrected chi connectivity index (χ4v) is 2.04. The Hall–Kier alpha value is -0.730. The Bertz CT molecular complexity index is 291. The summed E-state index contributed by atoms with van der Waals surface area (Å²) in [5.41, 5.74) is 1.16. The smallest absolute Gasteiger partial charge is 0.0407 e. The molecule has 1 aromatic carbocycles. The summed E-state index contributed by atoms with van der Waals surface area (Å²) in [5.74, 6) is 0.807. The van der Waals surface area contributed by atoms with Crippen LogP contribution in [0.2, 0.25) is 5.02 Å². The lowest BCUT2D eigenvalue weighted by molar-refractivity contribution is 0.390. The van der Waals surface area contributed by atoms with E-state index < -0.39 is 0 Å². The van der Waals surface area contributed by atoms with E-state index in [-0.39, 0.29) is 0 Å². The molecule has 1 aliphatic rings. The van der Waals surface area contributed by atoms with Crippen LogP contribution in [0.15, 0.2) is 24.3 Å². The Kier molecular flexibility index (Phi) is 3.87. The average Bonchev–Trinajstić information content (AvgIpc) is 2.30. The summed E-state index contributed by atoms with van der Waals surface area (Å²) in [4.78, 5) is 0. The highest BCUT2D eigenvalue weighted by Crippen LogP contribution is 2.16. The van der Waals surface area contributed by atoms with Gasteiger partial charge in [0.2, 0.25) is 0 Å². The number of piperidine rings is 1. The molecule has 0 radical (unpaired) electrons. The van der Waals surface area contributed by atoms with Crippen LogP contribution in [-0.4, -0.2) is 19.6 Å². The molecule has 0 aliphatic carbocycles. The van der Waals surface area contributed by atoms with Gasteiger partial charge in [0, 0.05) is 17.3 Å². The highest BCUT2D eigenvalue weighted by Gasteiger charge is 2.11. The van der Waals surface area contributed by atoms with Crippen molar-refractivity contribution in [3.63, 3.8) is 0 Å². The first-order valence-electron chi connectivity index (χ1n) is 5.55. The van der Waals surface area contributed by atoms with E-state index in [2.05, 4.69) is 10.6 Å². The Morgan fingerprint density at radius 1 is 1.20 bits per heavy atom. The zero-order chi connectivity index (χ0) is 10.5. The standard InChI is InChI=1S/C12H17ClN2/c13-11-1-3-12(4-2-11)15-9-10-5-7-14-8-6-10/h1-4,10,14-15H,5-9H2. The SMILES string of the molecule is Clc1ccc(NCC2CCNCC2)cc1. The number of nitrogens with one attached hydrogen (secondary N) is 2. The molecule has 3 heteroatoms. The van der Waals surface area contributed by atoms with E-state index >= 15 is 0 Å². The maximum atomic E-state index is 5.82. The number of hydrogen-bond acceptors (Lipinski definition) is 2. The quantitative estimate of drug-likeness (QED) is 0.825. The molecule has 1 aliphatic heterocycles. The highest BCUT2D eigenvalue weighted by atomic mass is 35.5. The van der Waals surface area contributed by atoms with Crippen LogP contribution in [0.25, 0.3) is 0 Å². The van der Waals surface area contributed by atoms with E-state index in [1.165, 1.54) is 12.8 Å². The van der Waals surface area contributed by atoms with Crippen molar-refractivity contribution in [2.75, 3.05) is 25.0 Å². The van der Waals surface area contributed by atoms with Crippen LogP contribution in [0.1, 0.15) is 12.8 Å². The molecule has 0 amide bonds. The molecule has 82 valence electrons. The second-order valence-electron chi connectivity index (χ2n) is 4.08. The Labute approximate surface area is 96.0 Å². The topological polar surface area (TPSA) is 24.1 Å². The molecule has 0 saturated carbocycles. The zero-order valence-corrected chi connectivity index (χ0v) is 9.56. The van der Waals surface area contributed by atoms with Crippen molar-refractivity contribution in [1.82, 2.24) is 5.32 Å². The van der Waals surface area contributed by atoms with Crippen molar-refractivity contribution < 1.29 is 0 Å². The van der Waals surface area contributed by atoms with Gasteiger partial charge in [-0.3, -0.25) is 0 Å². The average molecular weight is 225 g/mol. The zero-order valence-electron chi connectivity index (χ0n) is 8.80. The molecule has 15 heavy (non-hydrogen) atoms. The van der Waals surface area contributed by atoms with E-state index in [1.54, 1.807) is 0 Å². The van der Waals surface area contributed by atoms with Gasteiger partial charge in [0.15, 0.2) is 0 Å². The predicted molar refractivity (Wildman–Crippen MR) is 65.5 cm³/mol. The monoisotopic (exact) mass is 224 g/mol. The van der Waals surface area contributed by atoms with Crippen molar-refractivity contribution in [3.8, 4) is 0 Å². The van der Waals surface area contributed by atoms with Gasteiger partial charge in [-0.2, -0.15) is 0 Å². The van der Waals surface area contributed by atoms with Crippen LogP contribution in [-0.2, 0) is 0 Å². The Morgan fingerprint density at radius 3 is 2.53 bits per heavy atom. The van der Waals surface area contributed by atoms with Crippen molar-refractivity contribution >= 4 is 17.3 Å². The van der Waals surface area contributed by atoms with Crippen LogP contribution < -0.4 is 10.6 Å². The van der Waals surface area contributed by atoms with Crippen LogP contribution in [0.4, 0.5) is 5.69 Å². The normalized spacial score (nSPS) is 17.7. The van der Waals surface area contributed by atoms with Crippen LogP contribution >= 0.6 is 11.6 Å². The van der Waals surface area contributed by atoms with Crippen molar-refractivity contribution in [2.45, 2.75) is 12.8 Å². The first-order chi connectivity index (χ1) is 7.34. The van der Waals surface area contributed by atoms with Gasteiger partial charge in [-0.1, -0.05) is 11.6 Å². The van der Waals surface area contributed by atoms with E-state index in [0.29, 0.717) is 0 Å². The molecular weight excluding hydrogens is 208 g/mol. The maximum absolute atomic E-state index is 5.82. The number of anilines is 1. The molecule has 2 nitrogen and oxygen atoms in total. The third kappa shape index (κ3) is 3.40. The highest BCUT2D eigenvalue weighted by molar-refractivity contribution is 6.30. The van der Waals surface area contributed by atoms with Gasteiger partial charge in [0.25, 0.3) is 0 Å². The molecule has 1 aromatic rings. The van der Waals surface area contributed by atoms with Gasteiger partial charge in [-0.25, -0.2) is 0 Å².